The third-order valence-corrected chi connectivity index (χ3v) is 4.24. The summed E-state index contributed by atoms with van der Waals surface area (Å²) in [6, 6.07) is 6.11. The molecule has 0 radical (unpaired) electrons. The van der Waals surface area contributed by atoms with Crippen molar-refractivity contribution in [3.8, 4) is 5.75 Å². The van der Waals surface area contributed by atoms with Gasteiger partial charge in [0, 0.05) is 0 Å². The molecule has 112 valence electrons. The van der Waals surface area contributed by atoms with Crippen LogP contribution in [0.4, 0.5) is 0 Å². The maximum absolute atomic E-state index is 11.9. The van der Waals surface area contributed by atoms with Crippen LogP contribution in [-0.4, -0.2) is 11.9 Å². The number of halogens is 1. The lowest BCUT2D eigenvalue weighted by atomic mass is 10.1. The van der Waals surface area contributed by atoms with Crippen LogP contribution in [0.3, 0.4) is 0 Å². The smallest absolute Gasteiger partial charge is 0.163 e. The van der Waals surface area contributed by atoms with Gasteiger partial charge in [-0.3, -0.25) is 4.79 Å². The number of aryl methyl sites for hydroxylation is 1. The average Bonchev–Trinajstić information content (AvgIpc) is 2.80. The quantitative estimate of drug-likeness (QED) is 0.647. The van der Waals surface area contributed by atoms with Crippen molar-refractivity contribution in [1.29, 1.82) is 0 Å². The van der Waals surface area contributed by atoms with E-state index in [1.54, 1.807) is 6.08 Å². The lowest BCUT2D eigenvalue weighted by Gasteiger charge is -2.16. The largest absolute Gasteiger partial charge is 0.484 e. The van der Waals surface area contributed by atoms with Gasteiger partial charge >= 0.3 is 0 Å². The minimum absolute atomic E-state index is 0.161. The van der Waals surface area contributed by atoms with E-state index in [1.807, 2.05) is 18.2 Å². The molecular weight excluding hydrogens is 328 g/mol. The zero-order valence-electron chi connectivity index (χ0n) is 12.4. The molecule has 1 atom stereocenters. The standard InChI is InChI=1S/C18H21BrO2/c1-3-5-8-13-9-6-10-16(19)18(13)21-15-11-14(7-4-2)17(20)12-15/h4,6,9-11,15H,2-3,5,7-8,12H2,1H3/t15-/m1/s1. The highest BCUT2D eigenvalue weighted by molar-refractivity contribution is 9.10. The molecule has 0 bridgehead atoms. The first-order valence-electron chi connectivity index (χ1n) is 7.44. The molecule has 2 rings (SSSR count). The number of hydrogen-bond donors (Lipinski definition) is 0. The maximum Gasteiger partial charge on any atom is 0.163 e. The number of allylic oxidation sites excluding steroid dienone is 2. The molecule has 0 heterocycles. The van der Waals surface area contributed by atoms with Crippen LogP contribution >= 0.6 is 15.9 Å². The predicted octanol–water partition coefficient (Wildman–Crippen LogP) is 5.01. The molecule has 1 aromatic rings. The van der Waals surface area contributed by atoms with Gasteiger partial charge in [-0.05, 0) is 58.5 Å². The van der Waals surface area contributed by atoms with Crippen LogP contribution < -0.4 is 4.74 Å². The van der Waals surface area contributed by atoms with Crippen LogP contribution in [0.1, 0.15) is 38.2 Å². The van der Waals surface area contributed by atoms with Gasteiger partial charge in [-0.1, -0.05) is 31.6 Å². The van der Waals surface area contributed by atoms with Crippen LogP contribution in [0.25, 0.3) is 0 Å². The van der Waals surface area contributed by atoms with E-state index in [0.717, 1.165) is 35.1 Å². The van der Waals surface area contributed by atoms with Crippen LogP contribution in [0.15, 0.2) is 47.0 Å². The summed E-state index contributed by atoms with van der Waals surface area (Å²) in [7, 11) is 0. The van der Waals surface area contributed by atoms with Crippen molar-refractivity contribution in [2.24, 2.45) is 0 Å². The molecule has 1 aromatic carbocycles. The zero-order chi connectivity index (χ0) is 15.2. The molecule has 2 nitrogen and oxygen atoms in total. The van der Waals surface area contributed by atoms with Crippen molar-refractivity contribution in [3.05, 3.63) is 52.5 Å². The molecule has 0 amide bonds. The summed E-state index contributed by atoms with van der Waals surface area (Å²) in [5, 5.41) is 0. The molecule has 0 N–H and O–H groups in total. The Balaban J connectivity index is 2.16. The summed E-state index contributed by atoms with van der Waals surface area (Å²) in [6.07, 6.45) is 7.87. The number of ether oxygens (including phenoxy) is 1. The molecule has 0 unspecified atom stereocenters. The molecule has 0 aliphatic heterocycles. The SMILES string of the molecule is C=CCC1=C[C@@H](Oc2c(Br)cccc2CCCC)CC1=O. The van der Waals surface area contributed by atoms with E-state index in [2.05, 4.69) is 35.5 Å². The number of unbranched alkanes of at least 4 members (excludes halogenated alkanes) is 1. The minimum atomic E-state index is -0.161. The number of ketones is 1. The average molecular weight is 349 g/mol. The molecule has 0 aromatic heterocycles. The summed E-state index contributed by atoms with van der Waals surface area (Å²) in [6.45, 7) is 5.87. The predicted molar refractivity (Wildman–Crippen MR) is 89.7 cm³/mol. The van der Waals surface area contributed by atoms with E-state index >= 15 is 0 Å². The van der Waals surface area contributed by atoms with E-state index in [9.17, 15) is 4.79 Å². The van der Waals surface area contributed by atoms with Crippen LogP contribution in [0.2, 0.25) is 0 Å². The molecule has 21 heavy (non-hydrogen) atoms. The first kappa shape index (κ1) is 16.0. The monoisotopic (exact) mass is 348 g/mol. The van der Waals surface area contributed by atoms with Gasteiger partial charge in [0.1, 0.15) is 11.9 Å². The lowest BCUT2D eigenvalue weighted by Crippen LogP contribution is -2.13. The first-order valence-corrected chi connectivity index (χ1v) is 8.23. The second-order valence-corrected chi connectivity index (χ2v) is 6.15. The van der Waals surface area contributed by atoms with E-state index in [0.29, 0.717) is 12.8 Å². The van der Waals surface area contributed by atoms with Gasteiger partial charge in [0.2, 0.25) is 0 Å². The van der Waals surface area contributed by atoms with Crippen molar-refractivity contribution >= 4 is 21.7 Å². The Morgan fingerprint density at radius 3 is 3.00 bits per heavy atom. The number of rotatable bonds is 7. The van der Waals surface area contributed by atoms with Crippen molar-refractivity contribution in [2.45, 2.75) is 45.1 Å². The Bertz CT molecular complexity index is 560. The Morgan fingerprint density at radius 1 is 1.48 bits per heavy atom. The van der Waals surface area contributed by atoms with Crippen molar-refractivity contribution in [1.82, 2.24) is 0 Å². The third-order valence-electron chi connectivity index (χ3n) is 3.61. The zero-order valence-corrected chi connectivity index (χ0v) is 14.0. The Morgan fingerprint density at radius 2 is 2.29 bits per heavy atom. The molecule has 0 saturated carbocycles. The molecule has 3 heteroatoms. The summed E-state index contributed by atoms with van der Waals surface area (Å²) in [4.78, 5) is 11.9. The van der Waals surface area contributed by atoms with Gasteiger partial charge in [0.15, 0.2) is 5.78 Å². The number of Topliss-reactive ketones (excluding diaryl/α,β-unsaturated/α-hetero) is 1. The van der Waals surface area contributed by atoms with Gasteiger partial charge in [0.05, 0.1) is 10.9 Å². The van der Waals surface area contributed by atoms with Crippen LogP contribution in [0.5, 0.6) is 5.75 Å². The summed E-state index contributed by atoms with van der Waals surface area (Å²) in [5.74, 6) is 1.04. The minimum Gasteiger partial charge on any atom is -0.484 e. The highest BCUT2D eigenvalue weighted by Crippen LogP contribution is 2.33. The summed E-state index contributed by atoms with van der Waals surface area (Å²) in [5.41, 5.74) is 2.02. The second-order valence-electron chi connectivity index (χ2n) is 5.30. The Kier molecular flexibility index (Phi) is 5.80. The molecule has 1 aliphatic rings. The molecule has 1 aliphatic carbocycles. The molecule has 0 fully saturated rings. The Labute approximate surface area is 135 Å². The number of hydrogen-bond acceptors (Lipinski definition) is 2. The third kappa shape index (κ3) is 4.07. The van der Waals surface area contributed by atoms with Gasteiger partial charge < -0.3 is 4.74 Å². The van der Waals surface area contributed by atoms with E-state index in [-0.39, 0.29) is 11.9 Å². The topological polar surface area (TPSA) is 26.3 Å². The fourth-order valence-corrected chi connectivity index (χ4v) is 3.00. The van der Waals surface area contributed by atoms with Gasteiger partial charge in [0.25, 0.3) is 0 Å². The maximum atomic E-state index is 11.9. The van der Waals surface area contributed by atoms with Crippen molar-refractivity contribution < 1.29 is 9.53 Å². The number of para-hydroxylation sites is 1. The molecule has 0 spiro atoms. The van der Waals surface area contributed by atoms with E-state index in [1.165, 1.54) is 5.56 Å². The fraction of sp³-hybridized carbons (Fsp3) is 0.389. The summed E-state index contributed by atoms with van der Waals surface area (Å²) >= 11 is 3.56. The van der Waals surface area contributed by atoms with Crippen molar-refractivity contribution in [3.63, 3.8) is 0 Å². The molecule has 0 saturated heterocycles. The fourth-order valence-electron chi connectivity index (χ4n) is 2.50. The van der Waals surface area contributed by atoms with Crippen LogP contribution in [0, 0.1) is 0 Å². The van der Waals surface area contributed by atoms with Crippen molar-refractivity contribution in [2.75, 3.05) is 0 Å². The number of carbonyl (C=O) groups excluding carboxylic acids is 1. The number of carbonyl (C=O) groups is 1. The first-order chi connectivity index (χ1) is 10.2. The second kappa shape index (κ2) is 7.60. The van der Waals surface area contributed by atoms with Gasteiger partial charge in [-0.2, -0.15) is 0 Å². The lowest BCUT2D eigenvalue weighted by molar-refractivity contribution is -0.115. The van der Waals surface area contributed by atoms with Gasteiger partial charge in [-0.25, -0.2) is 0 Å². The van der Waals surface area contributed by atoms with E-state index < -0.39 is 0 Å². The number of benzene rings is 1. The highest BCUT2D eigenvalue weighted by Gasteiger charge is 2.25. The van der Waals surface area contributed by atoms with Crippen LogP contribution in [-0.2, 0) is 11.2 Å². The highest BCUT2D eigenvalue weighted by atomic mass is 79.9. The molecular formula is C18H21BrO2. The summed E-state index contributed by atoms with van der Waals surface area (Å²) < 4.78 is 7.06. The normalized spacial score (nSPS) is 17.7. The van der Waals surface area contributed by atoms with E-state index in [4.69, 9.17) is 4.74 Å². The van der Waals surface area contributed by atoms with Gasteiger partial charge in [-0.15, -0.1) is 6.58 Å². The Hall–Kier alpha value is -1.35.